The van der Waals surface area contributed by atoms with Gasteiger partial charge in [0.1, 0.15) is 5.75 Å². The summed E-state index contributed by atoms with van der Waals surface area (Å²) in [5, 5.41) is 8.66. The molecule has 1 fully saturated rings. The summed E-state index contributed by atoms with van der Waals surface area (Å²) in [6.07, 6.45) is 2.55. The van der Waals surface area contributed by atoms with E-state index in [0.29, 0.717) is 17.1 Å². The normalized spacial score (nSPS) is 20.5. The highest BCUT2D eigenvalue weighted by molar-refractivity contribution is 5.99. The first-order valence-electron chi connectivity index (χ1n) is 7.32. The molecule has 1 heterocycles. The van der Waals surface area contributed by atoms with E-state index in [1.54, 1.807) is 18.2 Å². The minimum atomic E-state index is -0.671. The Morgan fingerprint density at radius 1 is 1.41 bits per heavy atom. The molecular weight excluding hydrogens is 284 g/mol. The van der Waals surface area contributed by atoms with Crippen LogP contribution in [0.4, 0.5) is 16.2 Å². The van der Waals surface area contributed by atoms with Crippen LogP contribution >= 0.6 is 0 Å². The first kappa shape index (κ1) is 16.1. The van der Waals surface area contributed by atoms with Crippen LogP contribution in [0.3, 0.4) is 0 Å². The quantitative estimate of drug-likeness (QED) is 0.664. The topological polar surface area (TPSA) is 105 Å². The SMILES string of the molecule is CCC1(C(=O)Nc2ccc(NC(N)=O)c(OC)c2)CCCN1. The Balaban J connectivity index is 2.16. The summed E-state index contributed by atoms with van der Waals surface area (Å²) in [4.78, 5) is 23.5. The number of amides is 3. The van der Waals surface area contributed by atoms with Gasteiger partial charge in [-0.1, -0.05) is 6.92 Å². The number of hydrogen-bond acceptors (Lipinski definition) is 4. The maximum absolute atomic E-state index is 12.5. The summed E-state index contributed by atoms with van der Waals surface area (Å²) >= 11 is 0. The molecule has 3 amide bonds. The number of urea groups is 1. The molecule has 1 atom stereocenters. The van der Waals surface area contributed by atoms with Crippen molar-refractivity contribution in [1.29, 1.82) is 0 Å². The lowest BCUT2D eigenvalue weighted by atomic mass is 9.93. The lowest BCUT2D eigenvalue weighted by Gasteiger charge is -2.26. The molecule has 1 aromatic rings. The van der Waals surface area contributed by atoms with Crippen molar-refractivity contribution in [3.63, 3.8) is 0 Å². The van der Waals surface area contributed by atoms with Gasteiger partial charge >= 0.3 is 6.03 Å². The number of hydrogen-bond donors (Lipinski definition) is 4. The molecule has 1 aliphatic heterocycles. The predicted octanol–water partition coefficient (Wildman–Crippen LogP) is 1.66. The van der Waals surface area contributed by atoms with E-state index in [4.69, 9.17) is 10.5 Å². The zero-order valence-corrected chi connectivity index (χ0v) is 12.9. The van der Waals surface area contributed by atoms with Gasteiger partial charge in [0.2, 0.25) is 5.91 Å². The van der Waals surface area contributed by atoms with Gasteiger partial charge in [-0.05, 0) is 37.9 Å². The highest BCUT2D eigenvalue weighted by atomic mass is 16.5. The Bertz CT molecular complexity index is 568. The number of rotatable bonds is 5. The van der Waals surface area contributed by atoms with Crippen molar-refractivity contribution in [2.45, 2.75) is 31.7 Å². The molecule has 0 aromatic heterocycles. The van der Waals surface area contributed by atoms with Crippen LogP contribution < -0.4 is 26.4 Å². The number of primary amides is 1. The van der Waals surface area contributed by atoms with Crippen LogP contribution in [0.2, 0.25) is 0 Å². The lowest BCUT2D eigenvalue weighted by molar-refractivity contribution is -0.122. The maximum atomic E-state index is 12.5. The highest BCUT2D eigenvalue weighted by Crippen LogP contribution is 2.30. The van der Waals surface area contributed by atoms with Crippen LogP contribution in [0.15, 0.2) is 18.2 Å². The lowest BCUT2D eigenvalue weighted by Crippen LogP contribution is -2.50. The second kappa shape index (κ2) is 6.65. The average Bonchev–Trinajstić information content (AvgIpc) is 2.98. The molecule has 0 radical (unpaired) electrons. The summed E-state index contributed by atoms with van der Waals surface area (Å²) in [7, 11) is 1.49. The number of carbonyl (C=O) groups is 2. The third kappa shape index (κ3) is 3.30. The number of nitrogens with one attached hydrogen (secondary N) is 3. The molecule has 0 spiro atoms. The predicted molar refractivity (Wildman–Crippen MR) is 85.1 cm³/mol. The highest BCUT2D eigenvalue weighted by Gasteiger charge is 2.39. The van der Waals surface area contributed by atoms with Gasteiger partial charge in [0, 0.05) is 11.8 Å². The van der Waals surface area contributed by atoms with Crippen LogP contribution in [0.1, 0.15) is 26.2 Å². The van der Waals surface area contributed by atoms with Gasteiger partial charge in [-0.15, -0.1) is 0 Å². The molecule has 0 saturated carbocycles. The smallest absolute Gasteiger partial charge is 0.316 e. The van der Waals surface area contributed by atoms with E-state index < -0.39 is 11.6 Å². The minimum absolute atomic E-state index is 0.0508. The van der Waals surface area contributed by atoms with Crippen molar-refractivity contribution < 1.29 is 14.3 Å². The van der Waals surface area contributed by atoms with Crippen molar-refractivity contribution in [3.8, 4) is 5.75 Å². The summed E-state index contributed by atoms with van der Waals surface area (Å²) in [5.41, 5.74) is 5.66. The van der Waals surface area contributed by atoms with Gasteiger partial charge < -0.3 is 26.4 Å². The van der Waals surface area contributed by atoms with Crippen molar-refractivity contribution in [1.82, 2.24) is 5.32 Å². The molecule has 7 heteroatoms. The fourth-order valence-electron chi connectivity index (χ4n) is 2.72. The Hall–Kier alpha value is -2.28. The molecular formula is C15H22N4O3. The molecule has 22 heavy (non-hydrogen) atoms. The molecule has 0 bridgehead atoms. The molecule has 0 aliphatic carbocycles. The van der Waals surface area contributed by atoms with Crippen molar-refractivity contribution in [2.75, 3.05) is 24.3 Å². The fourth-order valence-corrected chi connectivity index (χ4v) is 2.72. The van der Waals surface area contributed by atoms with Crippen molar-refractivity contribution >= 4 is 23.3 Å². The standard InChI is InChI=1S/C15H22N4O3/c1-3-15(7-4-8-17-15)13(20)18-10-5-6-11(19-14(16)21)12(9-10)22-2/h5-6,9,17H,3-4,7-8H2,1-2H3,(H,18,20)(H3,16,19,21). The van der Waals surface area contributed by atoms with Crippen molar-refractivity contribution in [3.05, 3.63) is 18.2 Å². The van der Waals surface area contributed by atoms with E-state index in [2.05, 4.69) is 16.0 Å². The van der Waals surface area contributed by atoms with E-state index in [9.17, 15) is 9.59 Å². The third-order valence-corrected chi connectivity index (χ3v) is 4.00. The van der Waals surface area contributed by atoms with E-state index in [0.717, 1.165) is 25.8 Å². The Kier molecular flexibility index (Phi) is 4.87. The van der Waals surface area contributed by atoms with Gasteiger partial charge in [-0.25, -0.2) is 4.79 Å². The largest absolute Gasteiger partial charge is 0.494 e. The summed E-state index contributed by atoms with van der Waals surface area (Å²) in [6, 6.07) is 4.32. The molecule has 5 N–H and O–H groups in total. The maximum Gasteiger partial charge on any atom is 0.316 e. The Labute approximate surface area is 129 Å². The molecule has 1 aliphatic rings. The molecule has 1 saturated heterocycles. The molecule has 120 valence electrons. The number of anilines is 2. The van der Waals surface area contributed by atoms with Crippen LogP contribution in [-0.4, -0.2) is 31.1 Å². The van der Waals surface area contributed by atoms with E-state index >= 15 is 0 Å². The van der Waals surface area contributed by atoms with Crippen molar-refractivity contribution in [2.24, 2.45) is 5.73 Å². The molecule has 2 rings (SSSR count). The molecule has 1 unspecified atom stereocenters. The fraction of sp³-hybridized carbons (Fsp3) is 0.467. The monoisotopic (exact) mass is 306 g/mol. The second-order valence-electron chi connectivity index (χ2n) is 5.32. The number of methoxy groups -OCH3 is 1. The number of carbonyl (C=O) groups excluding carboxylic acids is 2. The summed E-state index contributed by atoms with van der Waals surface area (Å²) < 4.78 is 5.21. The van der Waals surface area contributed by atoms with Gasteiger partial charge in [0.05, 0.1) is 18.3 Å². The van der Waals surface area contributed by atoms with Crippen LogP contribution in [-0.2, 0) is 4.79 Å². The summed E-state index contributed by atoms with van der Waals surface area (Å²) in [6.45, 7) is 2.85. The van der Waals surface area contributed by atoms with E-state index in [-0.39, 0.29) is 5.91 Å². The Morgan fingerprint density at radius 2 is 2.18 bits per heavy atom. The zero-order valence-electron chi connectivity index (χ0n) is 12.9. The van der Waals surface area contributed by atoms with Gasteiger partial charge in [-0.3, -0.25) is 4.79 Å². The van der Waals surface area contributed by atoms with Crippen LogP contribution in [0.5, 0.6) is 5.75 Å². The molecule has 7 nitrogen and oxygen atoms in total. The average molecular weight is 306 g/mol. The van der Waals surface area contributed by atoms with Gasteiger partial charge in [0.25, 0.3) is 0 Å². The zero-order chi connectivity index (χ0) is 16.2. The second-order valence-corrected chi connectivity index (χ2v) is 5.32. The minimum Gasteiger partial charge on any atom is -0.494 e. The Morgan fingerprint density at radius 3 is 2.73 bits per heavy atom. The number of ether oxygens (including phenoxy) is 1. The van der Waals surface area contributed by atoms with Gasteiger partial charge in [-0.2, -0.15) is 0 Å². The number of nitrogens with two attached hydrogens (primary N) is 1. The summed E-state index contributed by atoms with van der Waals surface area (Å²) in [5.74, 6) is 0.381. The van der Waals surface area contributed by atoms with Crippen LogP contribution in [0, 0.1) is 0 Å². The van der Waals surface area contributed by atoms with E-state index in [1.165, 1.54) is 7.11 Å². The number of benzene rings is 1. The van der Waals surface area contributed by atoms with E-state index in [1.807, 2.05) is 6.92 Å². The first-order chi connectivity index (χ1) is 10.5. The molecule has 1 aromatic carbocycles. The van der Waals surface area contributed by atoms with Gasteiger partial charge in [0.15, 0.2) is 0 Å². The third-order valence-electron chi connectivity index (χ3n) is 4.00. The first-order valence-corrected chi connectivity index (χ1v) is 7.32. The van der Waals surface area contributed by atoms with Crippen LogP contribution in [0.25, 0.3) is 0 Å².